The SMILES string of the molecule is CCC(C)CC(=O)N1CC(Oc2cccc(C(F)(F)F)n2)C1. The van der Waals surface area contributed by atoms with E-state index in [1.807, 2.05) is 13.8 Å². The molecule has 0 radical (unpaired) electrons. The van der Waals surface area contributed by atoms with Crippen molar-refractivity contribution in [3.63, 3.8) is 0 Å². The van der Waals surface area contributed by atoms with Gasteiger partial charge in [0.25, 0.3) is 0 Å². The standard InChI is InChI=1S/C15H19F3N2O2/c1-3-10(2)7-14(21)20-8-11(9-20)22-13-6-4-5-12(19-13)15(16,17)18/h4-6,10-11H,3,7-9H2,1-2H3. The summed E-state index contributed by atoms with van der Waals surface area (Å²) in [6.07, 6.45) is -3.35. The van der Waals surface area contributed by atoms with Crippen molar-refractivity contribution in [2.75, 3.05) is 13.1 Å². The molecule has 2 heterocycles. The highest BCUT2D eigenvalue weighted by molar-refractivity contribution is 5.77. The number of amides is 1. The molecule has 1 atom stereocenters. The number of ether oxygens (including phenoxy) is 1. The average molecular weight is 316 g/mol. The van der Waals surface area contributed by atoms with Gasteiger partial charge in [-0.15, -0.1) is 0 Å². The van der Waals surface area contributed by atoms with E-state index in [0.29, 0.717) is 25.4 Å². The minimum Gasteiger partial charge on any atom is -0.471 e. The second kappa shape index (κ2) is 6.54. The second-order valence-electron chi connectivity index (χ2n) is 5.61. The number of carbonyl (C=O) groups is 1. The third-order valence-electron chi connectivity index (χ3n) is 3.72. The van der Waals surface area contributed by atoms with Crippen LogP contribution in [0.1, 0.15) is 32.4 Å². The third-order valence-corrected chi connectivity index (χ3v) is 3.72. The Bertz CT molecular complexity index is 528. The van der Waals surface area contributed by atoms with Gasteiger partial charge in [-0.05, 0) is 12.0 Å². The maximum absolute atomic E-state index is 12.6. The first kappa shape index (κ1) is 16.6. The highest BCUT2D eigenvalue weighted by Crippen LogP contribution is 2.29. The van der Waals surface area contributed by atoms with Crippen molar-refractivity contribution < 1.29 is 22.7 Å². The van der Waals surface area contributed by atoms with Crippen molar-refractivity contribution in [3.05, 3.63) is 23.9 Å². The predicted octanol–water partition coefficient (Wildman–Crippen LogP) is 3.13. The summed E-state index contributed by atoms with van der Waals surface area (Å²) in [6, 6.07) is 3.55. The lowest BCUT2D eigenvalue weighted by molar-refractivity contribution is -0.142. The lowest BCUT2D eigenvalue weighted by atomic mass is 10.0. The molecule has 4 nitrogen and oxygen atoms in total. The van der Waals surface area contributed by atoms with Crippen LogP contribution in [-0.2, 0) is 11.0 Å². The van der Waals surface area contributed by atoms with Crippen molar-refractivity contribution >= 4 is 5.91 Å². The second-order valence-corrected chi connectivity index (χ2v) is 5.61. The van der Waals surface area contributed by atoms with Crippen LogP contribution in [0.2, 0.25) is 0 Å². The molecule has 1 aromatic heterocycles. The summed E-state index contributed by atoms with van der Waals surface area (Å²) in [5.74, 6) is 0.331. The Morgan fingerprint density at radius 2 is 2.14 bits per heavy atom. The van der Waals surface area contributed by atoms with Crippen molar-refractivity contribution in [2.45, 2.75) is 39.0 Å². The molecule has 1 unspecified atom stereocenters. The maximum atomic E-state index is 12.6. The van der Waals surface area contributed by atoms with Crippen LogP contribution in [0, 0.1) is 5.92 Å². The molecule has 7 heteroatoms. The van der Waals surface area contributed by atoms with E-state index in [1.165, 1.54) is 12.1 Å². The Morgan fingerprint density at radius 1 is 1.45 bits per heavy atom. The molecule has 1 fully saturated rings. The molecule has 1 saturated heterocycles. The monoisotopic (exact) mass is 316 g/mol. The average Bonchev–Trinajstić information content (AvgIpc) is 2.41. The van der Waals surface area contributed by atoms with Crippen molar-refractivity contribution in [1.29, 1.82) is 0 Å². The van der Waals surface area contributed by atoms with Gasteiger partial charge in [0.1, 0.15) is 11.8 Å². The minimum atomic E-state index is -4.49. The molecule has 2 rings (SSSR count). The van der Waals surface area contributed by atoms with Crippen LogP contribution in [0.25, 0.3) is 0 Å². The number of halogens is 3. The predicted molar refractivity (Wildman–Crippen MR) is 74.3 cm³/mol. The van der Waals surface area contributed by atoms with Gasteiger partial charge in [0, 0.05) is 12.5 Å². The van der Waals surface area contributed by atoms with Crippen LogP contribution in [0.15, 0.2) is 18.2 Å². The highest BCUT2D eigenvalue weighted by atomic mass is 19.4. The van der Waals surface area contributed by atoms with Crippen LogP contribution in [0.4, 0.5) is 13.2 Å². The van der Waals surface area contributed by atoms with Crippen LogP contribution in [-0.4, -0.2) is 35.0 Å². The topological polar surface area (TPSA) is 42.4 Å². The first-order valence-corrected chi connectivity index (χ1v) is 7.28. The third kappa shape index (κ3) is 4.11. The van der Waals surface area contributed by atoms with E-state index >= 15 is 0 Å². The highest BCUT2D eigenvalue weighted by Gasteiger charge is 2.35. The van der Waals surface area contributed by atoms with E-state index in [9.17, 15) is 18.0 Å². The van der Waals surface area contributed by atoms with Gasteiger partial charge in [-0.1, -0.05) is 26.3 Å². The minimum absolute atomic E-state index is 0.0612. The Morgan fingerprint density at radius 3 is 2.73 bits per heavy atom. The maximum Gasteiger partial charge on any atom is 0.433 e. The summed E-state index contributed by atoms with van der Waals surface area (Å²) < 4.78 is 43.1. The van der Waals surface area contributed by atoms with Gasteiger partial charge in [-0.2, -0.15) is 13.2 Å². The number of alkyl halides is 3. The number of hydrogen-bond donors (Lipinski definition) is 0. The Hall–Kier alpha value is -1.79. The molecule has 0 N–H and O–H groups in total. The van der Waals surface area contributed by atoms with E-state index < -0.39 is 11.9 Å². The molecule has 0 aromatic carbocycles. The van der Waals surface area contributed by atoms with E-state index in [0.717, 1.165) is 12.5 Å². The van der Waals surface area contributed by atoms with Crippen LogP contribution < -0.4 is 4.74 Å². The smallest absolute Gasteiger partial charge is 0.433 e. The summed E-state index contributed by atoms with van der Waals surface area (Å²) in [5, 5.41) is 0. The Balaban J connectivity index is 1.84. The molecule has 0 aliphatic carbocycles. The van der Waals surface area contributed by atoms with Gasteiger partial charge in [-0.3, -0.25) is 4.79 Å². The molecular weight excluding hydrogens is 297 g/mol. The summed E-state index contributed by atoms with van der Waals surface area (Å²) in [6.45, 7) is 4.83. The zero-order valence-electron chi connectivity index (χ0n) is 12.6. The molecule has 122 valence electrons. The number of hydrogen-bond acceptors (Lipinski definition) is 3. The van der Waals surface area contributed by atoms with Gasteiger partial charge in [0.05, 0.1) is 13.1 Å². The Kier molecular flexibility index (Phi) is 4.93. The van der Waals surface area contributed by atoms with Gasteiger partial charge >= 0.3 is 6.18 Å². The fraction of sp³-hybridized carbons (Fsp3) is 0.600. The molecular formula is C15H19F3N2O2. The van der Waals surface area contributed by atoms with Gasteiger partial charge in [0.15, 0.2) is 0 Å². The molecule has 1 aliphatic heterocycles. The molecule has 1 aliphatic rings. The number of carbonyl (C=O) groups excluding carboxylic acids is 1. The fourth-order valence-electron chi connectivity index (χ4n) is 2.10. The van der Waals surface area contributed by atoms with E-state index in [-0.39, 0.29) is 17.9 Å². The summed E-state index contributed by atoms with van der Waals surface area (Å²) in [7, 11) is 0. The zero-order valence-corrected chi connectivity index (χ0v) is 12.6. The molecule has 0 spiro atoms. The summed E-state index contributed by atoms with van der Waals surface area (Å²) in [5.41, 5.74) is -0.978. The number of nitrogens with zero attached hydrogens (tertiary/aromatic N) is 2. The van der Waals surface area contributed by atoms with Crippen molar-refractivity contribution in [3.8, 4) is 5.88 Å². The van der Waals surface area contributed by atoms with E-state index in [2.05, 4.69) is 4.98 Å². The molecule has 0 bridgehead atoms. The first-order valence-electron chi connectivity index (χ1n) is 7.28. The van der Waals surface area contributed by atoms with Gasteiger partial charge in [-0.25, -0.2) is 4.98 Å². The first-order chi connectivity index (χ1) is 10.3. The molecule has 1 amide bonds. The number of pyridine rings is 1. The quantitative estimate of drug-likeness (QED) is 0.838. The van der Waals surface area contributed by atoms with Crippen LogP contribution in [0.5, 0.6) is 5.88 Å². The fourth-order valence-corrected chi connectivity index (χ4v) is 2.10. The zero-order chi connectivity index (χ0) is 16.3. The van der Waals surface area contributed by atoms with Gasteiger partial charge in [0.2, 0.25) is 11.8 Å². The molecule has 1 aromatic rings. The van der Waals surface area contributed by atoms with Crippen molar-refractivity contribution in [1.82, 2.24) is 9.88 Å². The van der Waals surface area contributed by atoms with Crippen LogP contribution in [0.3, 0.4) is 0 Å². The molecule has 22 heavy (non-hydrogen) atoms. The largest absolute Gasteiger partial charge is 0.471 e. The molecule has 0 saturated carbocycles. The van der Waals surface area contributed by atoms with E-state index in [4.69, 9.17) is 4.74 Å². The lowest BCUT2D eigenvalue weighted by Gasteiger charge is -2.39. The van der Waals surface area contributed by atoms with Crippen LogP contribution >= 0.6 is 0 Å². The number of rotatable bonds is 5. The summed E-state index contributed by atoms with van der Waals surface area (Å²) in [4.78, 5) is 17.0. The normalized spacial score (nSPS) is 17.0. The lowest BCUT2D eigenvalue weighted by Crippen LogP contribution is -2.56. The van der Waals surface area contributed by atoms with Crippen molar-refractivity contribution in [2.24, 2.45) is 5.92 Å². The van der Waals surface area contributed by atoms with E-state index in [1.54, 1.807) is 4.90 Å². The summed E-state index contributed by atoms with van der Waals surface area (Å²) >= 11 is 0. The number of likely N-dealkylation sites (tertiary alicyclic amines) is 1. The Labute approximate surface area is 127 Å². The van der Waals surface area contributed by atoms with Gasteiger partial charge < -0.3 is 9.64 Å². The number of aromatic nitrogens is 1.